The normalized spacial score (nSPS) is 12.5. The molecule has 6 heteroatoms. The molecule has 0 saturated heterocycles. The molecule has 1 N–H and O–H groups in total. The fourth-order valence-corrected chi connectivity index (χ4v) is 2.98. The Morgan fingerprint density at radius 3 is 2.68 bits per heavy atom. The average Bonchev–Trinajstić information content (AvgIpc) is 3.10. The summed E-state index contributed by atoms with van der Waals surface area (Å²) in [5, 5.41) is 6.56. The third-order valence-electron chi connectivity index (χ3n) is 3.47. The molecule has 22 heavy (non-hydrogen) atoms. The van der Waals surface area contributed by atoms with Crippen LogP contribution in [0, 0.1) is 12.7 Å². The van der Waals surface area contributed by atoms with E-state index in [1.54, 1.807) is 29.7 Å². The van der Waals surface area contributed by atoms with Gasteiger partial charge in [-0.05, 0) is 24.6 Å². The summed E-state index contributed by atoms with van der Waals surface area (Å²) in [5.41, 5.74) is 1.98. The highest BCUT2D eigenvalue weighted by atomic mass is 32.1. The molecule has 4 nitrogen and oxygen atoms in total. The number of aromatic nitrogens is 3. The zero-order valence-corrected chi connectivity index (χ0v) is 13.3. The number of nitrogens with zero attached hydrogens (tertiary/aromatic N) is 3. The first-order valence-corrected chi connectivity index (χ1v) is 7.88. The fourth-order valence-electron chi connectivity index (χ4n) is 2.36. The van der Waals surface area contributed by atoms with E-state index < -0.39 is 0 Å². The smallest absolute Gasteiger partial charge is 0.130 e. The van der Waals surface area contributed by atoms with Crippen LogP contribution in [0.25, 0.3) is 0 Å². The fraction of sp³-hybridized carbons (Fsp3) is 0.250. The summed E-state index contributed by atoms with van der Waals surface area (Å²) in [6.07, 6.45) is 3.67. The van der Waals surface area contributed by atoms with E-state index in [2.05, 4.69) is 15.3 Å². The topological polar surface area (TPSA) is 42.7 Å². The van der Waals surface area contributed by atoms with Gasteiger partial charge in [0.2, 0.25) is 0 Å². The average molecular weight is 316 g/mol. The van der Waals surface area contributed by atoms with E-state index in [0.29, 0.717) is 6.54 Å². The van der Waals surface area contributed by atoms with Gasteiger partial charge >= 0.3 is 0 Å². The summed E-state index contributed by atoms with van der Waals surface area (Å²) >= 11 is 1.63. The predicted octanol–water partition coefficient (Wildman–Crippen LogP) is 3.20. The molecule has 3 rings (SSSR count). The molecule has 0 radical (unpaired) electrons. The van der Waals surface area contributed by atoms with Crippen LogP contribution in [0.5, 0.6) is 0 Å². The number of benzene rings is 1. The number of imidazole rings is 1. The van der Waals surface area contributed by atoms with Gasteiger partial charge in [0.15, 0.2) is 0 Å². The van der Waals surface area contributed by atoms with Crippen molar-refractivity contribution in [2.75, 3.05) is 0 Å². The van der Waals surface area contributed by atoms with Crippen molar-refractivity contribution in [1.29, 1.82) is 0 Å². The Labute approximate surface area is 132 Å². The minimum atomic E-state index is -0.238. The number of hydrogen-bond donors (Lipinski definition) is 1. The van der Waals surface area contributed by atoms with Crippen molar-refractivity contribution in [3.05, 3.63) is 69.9 Å². The summed E-state index contributed by atoms with van der Waals surface area (Å²) in [7, 11) is 1.95. The molecule has 1 atom stereocenters. The molecule has 0 saturated carbocycles. The molecule has 0 unspecified atom stereocenters. The van der Waals surface area contributed by atoms with Gasteiger partial charge in [0, 0.05) is 31.4 Å². The molecule has 0 fully saturated rings. The molecule has 1 aromatic carbocycles. The lowest BCUT2D eigenvalue weighted by Crippen LogP contribution is -2.25. The van der Waals surface area contributed by atoms with Crippen LogP contribution in [0.1, 0.15) is 28.1 Å². The van der Waals surface area contributed by atoms with E-state index in [1.807, 2.05) is 30.1 Å². The van der Waals surface area contributed by atoms with Crippen molar-refractivity contribution < 1.29 is 4.39 Å². The van der Waals surface area contributed by atoms with Crippen molar-refractivity contribution in [3.8, 4) is 0 Å². The SMILES string of the molecule is Cc1nc(CN[C@@H](c2ccc(F)cc2)c2nccn2C)cs1. The second-order valence-corrected chi connectivity index (χ2v) is 6.18. The first-order chi connectivity index (χ1) is 10.6. The Morgan fingerprint density at radius 2 is 2.09 bits per heavy atom. The van der Waals surface area contributed by atoms with Crippen LogP contribution in [-0.2, 0) is 13.6 Å². The largest absolute Gasteiger partial charge is 0.336 e. The van der Waals surface area contributed by atoms with Crippen LogP contribution >= 0.6 is 11.3 Å². The van der Waals surface area contributed by atoms with E-state index in [4.69, 9.17) is 0 Å². The Hall–Kier alpha value is -2.05. The van der Waals surface area contributed by atoms with Crippen molar-refractivity contribution in [2.45, 2.75) is 19.5 Å². The Balaban J connectivity index is 1.86. The molecule has 0 aliphatic carbocycles. The van der Waals surface area contributed by atoms with E-state index in [9.17, 15) is 4.39 Å². The second kappa shape index (κ2) is 6.37. The molecule has 2 heterocycles. The zero-order valence-electron chi connectivity index (χ0n) is 12.5. The molecular weight excluding hydrogens is 299 g/mol. The first-order valence-electron chi connectivity index (χ1n) is 7.00. The molecule has 3 aromatic rings. The Kier molecular flexibility index (Phi) is 4.31. The summed E-state index contributed by atoms with van der Waals surface area (Å²) in [6, 6.07) is 6.41. The zero-order chi connectivity index (χ0) is 15.5. The maximum Gasteiger partial charge on any atom is 0.130 e. The van der Waals surface area contributed by atoms with Crippen LogP contribution in [0.3, 0.4) is 0 Å². The lowest BCUT2D eigenvalue weighted by molar-refractivity contribution is 0.551. The summed E-state index contributed by atoms with van der Waals surface area (Å²) < 4.78 is 15.1. The summed E-state index contributed by atoms with van der Waals surface area (Å²) in [6.45, 7) is 2.63. The number of aryl methyl sites for hydroxylation is 2. The standard InChI is InChI=1S/C16H17FN4S/c1-11-20-14(10-22-11)9-19-15(16-18-7-8-21(16)2)12-3-5-13(17)6-4-12/h3-8,10,15,19H,9H2,1-2H3/t15-/m0/s1. The molecule has 2 aromatic heterocycles. The van der Waals surface area contributed by atoms with Crippen LogP contribution in [0.4, 0.5) is 4.39 Å². The Morgan fingerprint density at radius 1 is 1.32 bits per heavy atom. The number of hydrogen-bond acceptors (Lipinski definition) is 4. The highest BCUT2D eigenvalue weighted by Gasteiger charge is 2.18. The molecular formula is C16H17FN4S. The van der Waals surface area contributed by atoms with Crippen LogP contribution in [0.2, 0.25) is 0 Å². The van der Waals surface area contributed by atoms with Gasteiger partial charge in [-0.3, -0.25) is 5.32 Å². The Bertz CT molecular complexity index is 748. The molecule has 0 spiro atoms. The van der Waals surface area contributed by atoms with Gasteiger partial charge in [0.1, 0.15) is 11.6 Å². The van der Waals surface area contributed by atoms with E-state index in [-0.39, 0.29) is 11.9 Å². The third kappa shape index (κ3) is 3.23. The highest BCUT2D eigenvalue weighted by Crippen LogP contribution is 2.21. The van der Waals surface area contributed by atoms with Crippen LogP contribution < -0.4 is 5.32 Å². The van der Waals surface area contributed by atoms with Crippen molar-refractivity contribution >= 4 is 11.3 Å². The van der Waals surface area contributed by atoms with Gasteiger partial charge in [-0.2, -0.15) is 0 Å². The van der Waals surface area contributed by atoms with Crippen LogP contribution in [0.15, 0.2) is 42.0 Å². The van der Waals surface area contributed by atoms with Crippen molar-refractivity contribution in [1.82, 2.24) is 19.9 Å². The van der Waals surface area contributed by atoms with E-state index in [0.717, 1.165) is 22.1 Å². The molecule has 0 bridgehead atoms. The summed E-state index contributed by atoms with van der Waals surface area (Å²) in [5.74, 6) is 0.649. The van der Waals surface area contributed by atoms with Gasteiger partial charge in [-0.1, -0.05) is 12.1 Å². The second-order valence-electron chi connectivity index (χ2n) is 5.12. The molecule has 114 valence electrons. The number of thiazole rings is 1. The quantitative estimate of drug-likeness (QED) is 0.786. The van der Waals surface area contributed by atoms with Gasteiger partial charge < -0.3 is 4.57 Å². The van der Waals surface area contributed by atoms with Crippen LogP contribution in [-0.4, -0.2) is 14.5 Å². The molecule has 0 aliphatic heterocycles. The minimum absolute atomic E-state index is 0.109. The maximum atomic E-state index is 13.2. The van der Waals surface area contributed by atoms with Gasteiger partial charge in [-0.15, -0.1) is 11.3 Å². The lowest BCUT2D eigenvalue weighted by atomic mass is 10.1. The predicted molar refractivity (Wildman–Crippen MR) is 85.1 cm³/mol. The van der Waals surface area contributed by atoms with E-state index >= 15 is 0 Å². The van der Waals surface area contributed by atoms with Crippen molar-refractivity contribution in [3.63, 3.8) is 0 Å². The highest BCUT2D eigenvalue weighted by molar-refractivity contribution is 7.09. The summed E-state index contributed by atoms with van der Waals surface area (Å²) in [4.78, 5) is 8.88. The van der Waals surface area contributed by atoms with Gasteiger partial charge in [0.05, 0.1) is 16.7 Å². The molecule has 0 aliphatic rings. The number of halogens is 1. The first kappa shape index (κ1) is 14.9. The molecule has 0 amide bonds. The lowest BCUT2D eigenvalue weighted by Gasteiger charge is -2.18. The van der Waals surface area contributed by atoms with Gasteiger partial charge in [0.25, 0.3) is 0 Å². The number of nitrogens with one attached hydrogen (secondary N) is 1. The third-order valence-corrected chi connectivity index (χ3v) is 4.30. The van der Waals surface area contributed by atoms with Crippen molar-refractivity contribution in [2.24, 2.45) is 7.05 Å². The minimum Gasteiger partial charge on any atom is -0.336 e. The maximum absolute atomic E-state index is 13.2. The monoisotopic (exact) mass is 316 g/mol. The van der Waals surface area contributed by atoms with E-state index in [1.165, 1.54) is 12.1 Å². The number of rotatable bonds is 5. The van der Waals surface area contributed by atoms with Gasteiger partial charge in [-0.25, -0.2) is 14.4 Å².